The van der Waals surface area contributed by atoms with Gasteiger partial charge in [-0.05, 0) is 37.0 Å². The molecule has 1 heterocycles. The van der Waals surface area contributed by atoms with E-state index in [1.54, 1.807) is 6.20 Å². The Morgan fingerprint density at radius 1 is 1.29 bits per heavy atom. The number of rotatable bonds is 3. The normalized spacial score (nSPS) is 21.2. The Bertz CT molecular complexity index is 821. The van der Waals surface area contributed by atoms with Gasteiger partial charge in [-0.1, -0.05) is 31.9 Å². The lowest BCUT2D eigenvalue weighted by Gasteiger charge is -2.29. The van der Waals surface area contributed by atoms with Crippen LogP contribution in [0.1, 0.15) is 38.3 Å². The highest BCUT2D eigenvalue weighted by Crippen LogP contribution is 2.24. The summed E-state index contributed by atoms with van der Waals surface area (Å²) in [5, 5.41) is 12.3. The largest absolute Gasteiger partial charge is 0.348 e. The number of benzene rings is 1. The summed E-state index contributed by atoms with van der Waals surface area (Å²) in [6.07, 6.45) is 7.50. The van der Waals surface area contributed by atoms with Crippen molar-refractivity contribution < 1.29 is 4.79 Å². The molecule has 5 nitrogen and oxygen atoms in total. The molecule has 0 spiro atoms. The van der Waals surface area contributed by atoms with Crippen LogP contribution >= 0.6 is 0 Å². The third kappa shape index (κ3) is 3.60. The number of nitrogens with one attached hydrogen (secondary N) is 1. The van der Waals surface area contributed by atoms with Crippen LogP contribution in [-0.4, -0.2) is 21.9 Å². The first-order valence-electron chi connectivity index (χ1n) is 8.32. The van der Waals surface area contributed by atoms with Crippen molar-refractivity contribution in [3.63, 3.8) is 0 Å². The highest BCUT2D eigenvalue weighted by atomic mass is 16.1. The van der Waals surface area contributed by atoms with Crippen molar-refractivity contribution in [3.05, 3.63) is 41.7 Å². The van der Waals surface area contributed by atoms with Gasteiger partial charge in [0.2, 0.25) is 0 Å². The fraction of sp³-hybridized carbons (Fsp3) is 0.368. The molecule has 1 N–H and O–H groups in total. The molecule has 1 fully saturated rings. The van der Waals surface area contributed by atoms with Gasteiger partial charge in [-0.15, -0.1) is 0 Å². The maximum absolute atomic E-state index is 12.4. The fourth-order valence-corrected chi connectivity index (χ4v) is 3.11. The number of fused-ring (bicyclic) bond motifs is 1. The maximum atomic E-state index is 12.4. The zero-order chi connectivity index (χ0) is 16.9. The molecule has 2 aromatic rings. The summed E-state index contributed by atoms with van der Waals surface area (Å²) in [6, 6.07) is 9.63. The molecule has 1 aliphatic carbocycles. The second kappa shape index (κ2) is 7.22. The van der Waals surface area contributed by atoms with Crippen molar-refractivity contribution >= 4 is 23.0 Å². The molecule has 1 aromatic carbocycles. The minimum absolute atomic E-state index is 0.0670. The molecule has 122 valence electrons. The van der Waals surface area contributed by atoms with Crippen molar-refractivity contribution in [1.82, 2.24) is 15.3 Å². The molecule has 0 bridgehead atoms. The van der Waals surface area contributed by atoms with Crippen molar-refractivity contribution in [3.8, 4) is 6.07 Å². The molecule has 1 aromatic heterocycles. The van der Waals surface area contributed by atoms with Gasteiger partial charge in [-0.25, -0.2) is 4.98 Å². The number of nitriles is 1. The van der Waals surface area contributed by atoms with E-state index in [1.807, 2.05) is 30.3 Å². The molecule has 24 heavy (non-hydrogen) atoms. The Kier molecular flexibility index (Phi) is 4.85. The van der Waals surface area contributed by atoms with Crippen LogP contribution in [0.4, 0.5) is 0 Å². The lowest BCUT2D eigenvalue weighted by molar-refractivity contribution is -0.118. The molecular formula is C19H20N4O. The van der Waals surface area contributed by atoms with E-state index in [1.165, 1.54) is 12.5 Å². The van der Waals surface area contributed by atoms with Crippen molar-refractivity contribution in [2.24, 2.45) is 5.92 Å². The van der Waals surface area contributed by atoms with Crippen molar-refractivity contribution in [2.75, 3.05) is 0 Å². The number of hydrogen-bond acceptors (Lipinski definition) is 4. The van der Waals surface area contributed by atoms with Gasteiger partial charge in [0.05, 0.1) is 22.9 Å². The minimum Gasteiger partial charge on any atom is -0.348 e. The van der Waals surface area contributed by atoms with E-state index in [0.717, 1.165) is 30.3 Å². The van der Waals surface area contributed by atoms with E-state index in [-0.39, 0.29) is 17.5 Å². The van der Waals surface area contributed by atoms with Gasteiger partial charge in [0, 0.05) is 6.04 Å². The molecule has 1 saturated carbocycles. The van der Waals surface area contributed by atoms with Gasteiger partial charge in [-0.3, -0.25) is 9.78 Å². The molecule has 1 aliphatic rings. The Morgan fingerprint density at radius 2 is 2.04 bits per heavy atom. The summed E-state index contributed by atoms with van der Waals surface area (Å²) < 4.78 is 0. The van der Waals surface area contributed by atoms with E-state index < -0.39 is 0 Å². The zero-order valence-electron chi connectivity index (χ0n) is 13.7. The van der Waals surface area contributed by atoms with Crippen LogP contribution in [0.2, 0.25) is 0 Å². The molecule has 1 amide bonds. The summed E-state index contributed by atoms with van der Waals surface area (Å²) in [7, 11) is 0. The lowest BCUT2D eigenvalue weighted by atomic mass is 9.86. The van der Waals surface area contributed by atoms with Gasteiger partial charge in [0.1, 0.15) is 11.6 Å². The van der Waals surface area contributed by atoms with Crippen molar-refractivity contribution in [1.29, 1.82) is 5.26 Å². The predicted octanol–water partition coefficient (Wildman–Crippen LogP) is 3.23. The van der Waals surface area contributed by atoms with Crippen LogP contribution in [-0.2, 0) is 4.79 Å². The highest BCUT2D eigenvalue weighted by Gasteiger charge is 2.24. The number of aromatic nitrogens is 2. The molecule has 0 aliphatic heterocycles. The Morgan fingerprint density at radius 3 is 2.79 bits per heavy atom. The molecule has 2 atom stereocenters. The molecular weight excluding hydrogens is 300 g/mol. The van der Waals surface area contributed by atoms with Crippen LogP contribution in [0, 0.1) is 17.2 Å². The average Bonchev–Trinajstić information content (AvgIpc) is 2.61. The van der Waals surface area contributed by atoms with Crippen LogP contribution in [0.3, 0.4) is 0 Å². The summed E-state index contributed by atoms with van der Waals surface area (Å²) in [4.78, 5) is 21.2. The summed E-state index contributed by atoms with van der Waals surface area (Å²) in [5.41, 5.74) is 2.10. The van der Waals surface area contributed by atoms with Gasteiger partial charge < -0.3 is 5.32 Å². The predicted molar refractivity (Wildman–Crippen MR) is 92.7 cm³/mol. The van der Waals surface area contributed by atoms with Crippen LogP contribution in [0.5, 0.6) is 0 Å². The van der Waals surface area contributed by atoms with Crippen LogP contribution in [0.15, 0.2) is 36.0 Å². The van der Waals surface area contributed by atoms with E-state index in [9.17, 15) is 10.1 Å². The topological polar surface area (TPSA) is 78.7 Å². The smallest absolute Gasteiger partial charge is 0.262 e. The Hall–Kier alpha value is -2.74. The summed E-state index contributed by atoms with van der Waals surface area (Å²) in [6.45, 7) is 2.15. The zero-order valence-corrected chi connectivity index (χ0v) is 13.7. The third-order valence-electron chi connectivity index (χ3n) is 4.55. The number of carbonyl (C=O) groups is 1. The second-order valence-electron chi connectivity index (χ2n) is 6.30. The average molecular weight is 320 g/mol. The van der Waals surface area contributed by atoms with Gasteiger partial charge >= 0.3 is 0 Å². The Balaban J connectivity index is 1.79. The number of carbonyl (C=O) groups excluding carboxylic acids is 1. The monoisotopic (exact) mass is 320 g/mol. The lowest BCUT2D eigenvalue weighted by Crippen LogP contribution is -2.41. The van der Waals surface area contributed by atoms with Gasteiger partial charge in [-0.2, -0.15) is 5.26 Å². The summed E-state index contributed by atoms with van der Waals surface area (Å²) in [5.74, 6) is 0.120. The third-order valence-corrected chi connectivity index (χ3v) is 4.55. The first-order valence-corrected chi connectivity index (χ1v) is 8.32. The fourth-order valence-electron chi connectivity index (χ4n) is 3.11. The van der Waals surface area contributed by atoms with E-state index >= 15 is 0 Å². The first-order chi connectivity index (χ1) is 11.7. The Labute approximate surface area is 141 Å². The minimum atomic E-state index is -0.328. The number of hydrogen-bond donors (Lipinski definition) is 1. The number of para-hydroxylation sites is 2. The SMILES string of the molecule is C[C@H]1CCCC[C@@H]1NC(=O)/C(C#N)=C/c1cnc2ccccc2n1. The quantitative estimate of drug-likeness (QED) is 0.695. The van der Waals surface area contributed by atoms with Gasteiger partial charge in [0.25, 0.3) is 5.91 Å². The van der Waals surface area contributed by atoms with E-state index in [2.05, 4.69) is 22.2 Å². The molecule has 0 unspecified atom stereocenters. The van der Waals surface area contributed by atoms with E-state index in [0.29, 0.717) is 11.6 Å². The number of nitrogens with zero attached hydrogens (tertiary/aromatic N) is 3. The van der Waals surface area contributed by atoms with E-state index in [4.69, 9.17) is 0 Å². The second-order valence-corrected chi connectivity index (χ2v) is 6.30. The molecule has 5 heteroatoms. The standard InChI is InChI=1S/C19H20N4O/c1-13-6-2-3-7-16(13)23-19(24)14(11-20)10-15-12-21-17-8-4-5-9-18(17)22-15/h4-5,8-10,12-13,16H,2-3,6-7H2,1H3,(H,23,24)/b14-10+/t13-,16-/m0/s1. The van der Waals surface area contributed by atoms with Crippen LogP contribution in [0.25, 0.3) is 17.1 Å². The van der Waals surface area contributed by atoms with Crippen molar-refractivity contribution in [2.45, 2.75) is 38.6 Å². The highest BCUT2D eigenvalue weighted by molar-refractivity contribution is 6.01. The first kappa shape index (κ1) is 16.1. The maximum Gasteiger partial charge on any atom is 0.262 e. The summed E-state index contributed by atoms with van der Waals surface area (Å²) >= 11 is 0. The van der Waals surface area contributed by atoms with Crippen LogP contribution < -0.4 is 5.32 Å². The molecule has 0 radical (unpaired) electrons. The number of amides is 1. The molecule has 0 saturated heterocycles. The molecule has 3 rings (SSSR count). The van der Waals surface area contributed by atoms with Gasteiger partial charge in [0.15, 0.2) is 0 Å².